The highest BCUT2D eigenvalue weighted by atomic mass is 16.6. The molecule has 1 aliphatic rings. The fraction of sp³-hybridized carbons (Fsp3) is 0.368. The highest BCUT2D eigenvalue weighted by Gasteiger charge is 2.28. The van der Waals surface area contributed by atoms with Crippen molar-refractivity contribution in [1.29, 1.82) is 0 Å². The first-order chi connectivity index (χ1) is 11.6. The van der Waals surface area contributed by atoms with Crippen LogP contribution in [0.2, 0.25) is 0 Å². The molecule has 0 aromatic heterocycles. The van der Waals surface area contributed by atoms with Crippen molar-refractivity contribution >= 4 is 22.6 Å². The summed E-state index contributed by atoms with van der Waals surface area (Å²) < 4.78 is 10.4. The Morgan fingerprint density at radius 2 is 1.88 bits per heavy atom. The number of ether oxygens (including phenoxy) is 2. The van der Waals surface area contributed by atoms with Crippen molar-refractivity contribution < 1.29 is 19.1 Å². The second-order valence-electron chi connectivity index (χ2n) is 6.15. The Labute approximate surface area is 140 Å². The molecule has 0 bridgehead atoms. The summed E-state index contributed by atoms with van der Waals surface area (Å²) in [5, 5.41) is 4.98. The van der Waals surface area contributed by atoms with Crippen molar-refractivity contribution in [3.63, 3.8) is 0 Å². The number of carbonyl (C=O) groups excluding carboxylic acids is 2. The van der Waals surface area contributed by atoms with E-state index in [4.69, 9.17) is 9.47 Å². The van der Waals surface area contributed by atoms with Gasteiger partial charge in [-0.3, -0.25) is 4.79 Å². The molecule has 1 atom stereocenters. The predicted molar refractivity (Wildman–Crippen MR) is 90.7 cm³/mol. The van der Waals surface area contributed by atoms with E-state index in [-0.39, 0.29) is 25.2 Å². The summed E-state index contributed by atoms with van der Waals surface area (Å²) in [6.45, 7) is 1.49. The van der Waals surface area contributed by atoms with Gasteiger partial charge in [0.1, 0.15) is 5.75 Å². The normalized spacial score (nSPS) is 14.9. The van der Waals surface area contributed by atoms with Crippen molar-refractivity contribution in [2.24, 2.45) is 5.92 Å². The molecule has 0 unspecified atom stereocenters. The summed E-state index contributed by atoms with van der Waals surface area (Å²) in [5.74, 6) is 0.337. The smallest absolute Gasteiger partial charge is 0.344 e. The fourth-order valence-corrected chi connectivity index (χ4v) is 2.60. The van der Waals surface area contributed by atoms with Gasteiger partial charge in [0.05, 0.1) is 0 Å². The first kappa shape index (κ1) is 16.3. The van der Waals surface area contributed by atoms with E-state index in [9.17, 15) is 9.59 Å². The summed E-state index contributed by atoms with van der Waals surface area (Å²) in [4.78, 5) is 23.4. The number of benzene rings is 2. The van der Waals surface area contributed by atoms with Crippen LogP contribution in [-0.2, 0) is 14.3 Å². The minimum Gasteiger partial charge on any atom is -0.482 e. The second kappa shape index (κ2) is 7.34. The lowest BCUT2D eigenvalue weighted by molar-refractivity contribution is -0.150. The Morgan fingerprint density at radius 3 is 2.62 bits per heavy atom. The van der Waals surface area contributed by atoms with E-state index in [1.165, 1.54) is 0 Å². The third kappa shape index (κ3) is 4.47. The molecule has 2 aromatic rings. The van der Waals surface area contributed by atoms with E-state index < -0.39 is 5.97 Å². The number of carbonyl (C=O) groups is 2. The molecule has 24 heavy (non-hydrogen) atoms. The van der Waals surface area contributed by atoms with Crippen molar-refractivity contribution in [2.75, 3.05) is 13.2 Å². The maximum Gasteiger partial charge on any atom is 0.344 e. The molecule has 0 aliphatic heterocycles. The van der Waals surface area contributed by atoms with Gasteiger partial charge in [-0.1, -0.05) is 30.3 Å². The van der Waals surface area contributed by atoms with Crippen molar-refractivity contribution in [1.82, 2.24) is 5.32 Å². The van der Waals surface area contributed by atoms with E-state index in [1.54, 1.807) is 6.07 Å². The SMILES string of the molecule is C[C@@H](NC(=O)COC(=O)COc1ccc2ccccc2c1)C1CC1. The number of hydrogen-bond acceptors (Lipinski definition) is 4. The number of nitrogens with one attached hydrogen (secondary N) is 1. The van der Waals surface area contributed by atoms with E-state index in [0.717, 1.165) is 23.6 Å². The lowest BCUT2D eigenvalue weighted by atomic mass is 10.1. The highest BCUT2D eigenvalue weighted by molar-refractivity contribution is 5.84. The molecule has 1 N–H and O–H groups in total. The summed E-state index contributed by atoms with van der Waals surface area (Å²) in [6.07, 6.45) is 2.31. The van der Waals surface area contributed by atoms with Crippen LogP contribution in [0, 0.1) is 5.92 Å². The predicted octanol–water partition coefficient (Wildman–Crippen LogP) is 2.68. The van der Waals surface area contributed by atoms with E-state index in [0.29, 0.717) is 11.7 Å². The number of amides is 1. The molecule has 0 heterocycles. The van der Waals surface area contributed by atoms with Crippen LogP contribution in [0.4, 0.5) is 0 Å². The number of esters is 1. The van der Waals surface area contributed by atoms with Crippen LogP contribution in [0.1, 0.15) is 19.8 Å². The fourth-order valence-electron chi connectivity index (χ4n) is 2.60. The van der Waals surface area contributed by atoms with Crippen LogP contribution in [0.5, 0.6) is 5.75 Å². The van der Waals surface area contributed by atoms with Gasteiger partial charge >= 0.3 is 5.97 Å². The molecular formula is C19H21NO4. The third-order valence-corrected chi connectivity index (χ3v) is 4.16. The monoisotopic (exact) mass is 327 g/mol. The lowest BCUT2D eigenvalue weighted by Gasteiger charge is -2.13. The van der Waals surface area contributed by atoms with Crippen molar-refractivity contribution in [3.8, 4) is 5.75 Å². The Hall–Kier alpha value is -2.56. The van der Waals surface area contributed by atoms with Gasteiger partial charge in [0.2, 0.25) is 0 Å². The Morgan fingerprint density at radius 1 is 1.12 bits per heavy atom. The summed E-state index contributed by atoms with van der Waals surface area (Å²) >= 11 is 0. The van der Waals surface area contributed by atoms with Crippen LogP contribution in [0.3, 0.4) is 0 Å². The van der Waals surface area contributed by atoms with Gasteiger partial charge in [-0.15, -0.1) is 0 Å². The summed E-state index contributed by atoms with van der Waals surface area (Å²) in [7, 11) is 0. The molecule has 5 heteroatoms. The number of fused-ring (bicyclic) bond motifs is 1. The molecule has 0 radical (unpaired) electrons. The molecule has 0 spiro atoms. The Bertz CT molecular complexity index is 739. The molecule has 126 valence electrons. The quantitative estimate of drug-likeness (QED) is 0.794. The molecule has 5 nitrogen and oxygen atoms in total. The molecule has 1 fully saturated rings. The summed E-state index contributed by atoms with van der Waals surface area (Å²) in [5.41, 5.74) is 0. The van der Waals surface area contributed by atoms with Gasteiger partial charge in [0, 0.05) is 6.04 Å². The molecule has 1 amide bonds. The van der Waals surface area contributed by atoms with Crippen LogP contribution in [0.25, 0.3) is 10.8 Å². The maximum absolute atomic E-state index is 11.7. The molecule has 3 rings (SSSR count). The number of rotatable bonds is 7. The van der Waals surface area contributed by atoms with Crippen LogP contribution in [0.15, 0.2) is 42.5 Å². The van der Waals surface area contributed by atoms with Gasteiger partial charge in [0.15, 0.2) is 13.2 Å². The van der Waals surface area contributed by atoms with Crippen LogP contribution in [-0.4, -0.2) is 31.1 Å². The zero-order valence-electron chi connectivity index (χ0n) is 13.7. The molecular weight excluding hydrogens is 306 g/mol. The van der Waals surface area contributed by atoms with Gasteiger partial charge in [-0.05, 0) is 48.6 Å². The maximum atomic E-state index is 11.7. The first-order valence-corrected chi connectivity index (χ1v) is 8.18. The van der Waals surface area contributed by atoms with Crippen molar-refractivity contribution in [3.05, 3.63) is 42.5 Å². The van der Waals surface area contributed by atoms with Gasteiger partial charge < -0.3 is 14.8 Å². The summed E-state index contributed by atoms with van der Waals surface area (Å²) in [6, 6.07) is 13.6. The van der Waals surface area contributed by atoms with Gasteiger partial charge in [-0.25, -0.2) is 4.79 Å². The van der Waals surface area contributed by atoms with Crippen LogP contribution < -0.4 is 10.1 Å². The van der Waals surface area contributed by atoms with Gasteiger partial charge in [0.25, 0.3) is 5.91 Å². The molecule has 1 saturated carbocycles. The average molecular weight is 327 g/mol. The molecule has 2 aromatic carbocycles. The average Bonchev–Trinajstić information content (AvgIpc) is 3.43. The standard InChI is InChI=1S/C19H21NO4/c1-13(14-6-7-14)20-18(21)11-24-19(22)12-23-17-9-8-15-4-2-3-5-16(15)10-17/h2-5,8-10,13-14H,6-7,11-12H2,1H3,(H,20,21)/t13-/m1/s1. The first-order valence-electron chi connectivity index (χ1n) is 8.18. The zero-order valence-corrected chi connectivity index (χ0v) is 13.7. The highest BCUT2D eigenvalue weighted by Crippen LogP contribution is 2.32. The van der Waals surface area contributed by atoms with E-state index >= 15 is 0 Å². The molecule has 1 aliphatic carbocycles. The Kier molecular flexibility index (Phi) is 4.99. The minimum atomic E-state index is -0.558. The molecule has 0 saturated heterocycles. The lowest BCUT2D eigenvalue weighted by Crippen LogP contribution is -2.37. The minimum absolute atomic E-state index is 0.144. The van der Waals surface area contributed by atoms with Crippen LogP contribution >= 0.6 is 0 Å². The third-order valence-electron chi connectivity index (χ3n) is 4.16. The van der Waals surface area contributed by atoms with Crippen molar-refractivity contribution in [2.45, 2.75) is 25.8 Å². The van der Waals surface area contributed by atoms with Gasteiger partial charge in [-0.2, -0.15) is 0 Å². The Balaban J connectivity index is 1.41. The largest absolute Gasteiger partial charge is 0.482 e. The second-order valence-corrected chi connectivity index (χ2v) is 6.15. The topological polar surface area (TPSA) is 64.6 Å². The van der Waals surface area contributed by atoms with E-state index in [1.807, 2.05) is 43.3 Å². The number of hydrogen-bond donors (Lipinski definition) is 1. The van der Waals surface area contributed by atoms with E-state index in [2.05, 4.69) is 5.32 Å². The zero-order chi connectivity index (χ0) is 16.9.